The lowest BCUT2D eigenvalue weighted by Crippen LogP contribution is -2.35. The molecule has 0 aliphatic carbocycles. The highest BCUT2D eigenvalue weighted by Gasteiger charge is 2.29. The normalized spacial score (nSPS) is 14.8. The van der Waals surface area contributed by atoms with Crippen molar-refractivity contribution in [2.75, 3.05) is 23.0 Å². The lowest BCUT2D eigenvalue weighted by molar-refractivity contribution is 0.102. The summed E-state index contributed by atoms with van der Waals surface area (Å²) in [6.07, 6.45) is 1.45. The zero-order valence-corrected chi connectivity index (χ0v) is 17.4. The molecule has 2 aliphatic rings. The molecule has 0 saturated heterocycles. The van der Waals surface area contributed by atoms with Crippen molar-refractivity contribution in [1.82, 2.24) is 0 Å². The molecule has 0 atom stereocenters. The molecule has 7 nitrogen and oxygen atoms in total. The summed E-state index contributed by atoms with van der Waals surface area (Å²) in [4.78, 5) is 12.9. The number of rotatable bonds is 4. The van der Waals surface area contributed by atoms with E-state index in [1.807, 2.05) is 6.07 Å². The monoisotopic (exact) mass is 436 g/mol. The van der Waals surface area contributed by atoms with Gasteiger partial charge in [0, 0.05) is 17.8 Å². The second-order valence-corrected chi connectivity index (χ2v) is 9.22. The number of aryl methyl sites for hydroxylation is 1. The van der Waals surface area contributed by atoms with Crippen LogP contribution in [-0.2, 0) is 16.4 Å². The van der Waals surface area contributed by atoms with Crippen molar-refractivity contribution in [3.05, 3.63) is 77.9 Å². The van der Waals surface area contributed by atoms with E-state index in [0.717, 1.165) is 12.0 Å². The average Bonchev–Trinajstić information content (AvgIpc) is 3.27. The molecular weight excluding hydrogens is 416 g/mol. The first-order chi connectivity index (χ1) is 15.0. The third kappa shape index (κ3) is 3.59. The molecule has 3 aromatic rings. The molecule has 0 aromatic heterocycles. The van der Waals surface area contributed by atoms with Gasteiger partial charge in [-0.3, -0.25) is 9.10 Å². The van der Waals surface area contributed by atoms with E-state index < -0.39 is 10.0 Å². The third-order valence-corrected chi connectivity index (χ3v) is 7.21. The highest BCUT2D eigenvalue weighted by Crippen LogP contribution is 2.35. The molecule has 1 N–H and O–H groups in total. The molecule has 0 fully saturated rings. The number of carbonyl (C=O) groups is 1. The Morgan fingerprint density at radius 2 is 1.74 bits per heavy atom. The summed E-state index contributed by atoms with van der Waals surface area (Å²) in [6.45, 7) is 0.570. The van der Waals surface area contributed by atoms with E-state index in [4.69, 9.17) is 9.47 Å². The number of benzene rings is 3. The summed E-state index contributed by atoms with van der Waals surface area (Å²) in [5, 5.41) is 2.88. The van der Waals surface area contributed by atoms with E-state index in [0.29, 0.717) is 41.4 Å². The van der Waals surface area contributed by atoms with Crippen LogP contribution in [0.4, 0.5) is 11.4 Å². The van der Waals surface area contributed by atoms with Crippen molar-refractivity contribution in [1.29, 1.82) is 0 Å². The van der Waals surface area contributed by atoms with Crippen LogP contribution in [0.3, 0.4) is 0 Å². The third-order valence-electron chi connectivity index (χ3n) is 5.38. The fourth-order valence-corrected chi connectivity index (χ4v) is 5.41. The van der Waals surface area contributed by atoms with Gasteiger partial charge in [0.1, 0.15) is 0 Å². The van der Waals surface area contributed by atoms with Gasteiger partial charge in [0.25, 0.3) is 15.9 Å². The van der Waals surface area contributed by atoms with Crippen LogP contribution in [0.1, 0.15) is 22.3 Å². The minimum atomic E-state index is -3.64. The number of carbonyl (C=O) groups excluding carboxylic acids is 1. The molecule has 1 amide bonds. The van der Waals surface area contributed by atoms with Crippen LogP contribution in [0, 0.1) is 0 Å². The standard InChI is InChI=1S/C23H20N2O5S/c26-23(17-8-11-21-22(14-17)30-15-29-21)24-18-9-10-20-16(13-18)5-4-12-25(20)31(27,28)19-6-2-1-3-7-19/h1-3,6-11,13-14H,4-5,12,15H2,(H,24,26). The maximum Gasteiger partial charge on any atom is 0.264 e. The Labute approximate surface area is 180 Å². The molecule has 5 rings (SSSR count). The Hall–Kier alpha value is -3.52. The van der Waals surface area contributed by atoms with Crippen molar-refractivity contribution >= 4 is 27.3 Å². The zero-order valence-electron chi connectivity index (χ0n) is 16.6. The molecule has 8 heteroatoms. The summed E-state index contributed by atoms with van der Waals surface area (Å²) >= 11 is 0. The second kappa shape index (κ2) is 7.63. The lowest BCUT2D eigenvalue weighted by Gasteiger charge is -2.30. The average molecular weight is 436 g/mol. The summed E-state index contributed by atoms with van der Waals surface area (Å²) in [5.74, 6) is 0.882. The Morgan fingerprint density at radius 1 is 0.935 bits per heavy atom. The number of hydrogen-bond donors (Lipinski definition) is 1. The molecule has 0 unspecified atom stereocenters. The van der Waals surface area contributed by atoms with Gasteiger partial charge in [-0.1, -0.05) is 18.2 Å². The highest BCUT2D eigenvalue weighted by atomic mass is 32.2. The summed E-state index contributed by atoms with van der Waals surface area (Å²) in [7, 11) is -3.64. The van der Waals surface area contributed by atoms with Crippen molar-refractivity contribution in [2.45, 2.75) is 17.7 Å². The number of ether oxygens (including phenoxy) is 2. The quantitative estimate of drug-likeness (QED) is 0.672. The Balaban J connectivity index is 1.40. The first kappa shape index (κ1) is 19.4. The van der Waals surface area contributed by atoms with Crippen molar-refractivity contribution in [2.24, 2.45) is 0 Å². The van der Waals surface area contributed by atoms with E-state index in [1.54, 1.807) is 60.7 Å². The van der Waals surface area contributed by atoms with Gasteiger partial charge in [0.15, 0.2) is 11.5 Å². The molecule has 0 radical (unpaired) electrons. The van der Waals surface area contributed by atoms with Gasteiger partial charge in [0.2, 0.25) is 6.79 Å². The Morgan fingerprint density at radius 3 is 2.58 bits per heavy atom. The van der Waals surface area contributed by atoms with E-state index >= 15 is 0 Å². The minimum absolute atomic E-state index is 0.146. The topological polar surface area (TPSA) is 84.9 Å². The molecule has 31 heavy (non-hydrogen) atoms. The molecule has 2 aliphatic heterocycles. The van der Waals surface area contributed by atoms with Gasteiger partial charge in [-0.2, -0.15) is 0 Å². The van der Waals surface area contributed by atoms with Gasteiger partial charge in [-0.05, 0) is 66.9 Å². The van der Waals surface area contributed by atoms with Gasteiger partial charge in [-0.15, -0.1) is 0 Å². The van der Waals surface area contributed by atoms with E-state index in [9.17, 15) is 13.2 Å². The van der Waals surface area contributed by atoms with Gasteiger partial charge in [-0.25, -0.2) is 8.42 Å². The fraction of sp³-hybridized carbons (Fsp3) is 0.174. The molecule has 2 heterocycles. The van der Waals surface area contributed by atoms with Gasteiger partial charge in [0.05, 0.1) is 10.6 Å². The second-order valence-electron chi connectivity index (χ2n) is 7.36. The first-order valence-corrected chi connectivity index (χ1v) is 11.4. The highest BCUT2D eigenvalue weighted by molar-refractivity contribution is 7.92. The minimum Gasteiger partial charge on any atom is -0.454 e. The molecule has 158 valence electrons. The van der Waals surface area contributed by atoms with Gasteiger partial charge >= 0.3 is 0 Å². The smallest absolute Gasteiger partial charge is 0.264 e. The lowest BCUT2D eigenvalue weighted by atomic mass is 10.0. The van der Waals surface area contributed by atoms with Crippen LogP contribution in [0.2, 0.25) is 0 Å². The molecule has 0 saturated carbocycles. The number of nitrogens with zero attached hydrogens (tertiary/aromatic N) is 1. The predicted octanol–water partition coefficient (Wildman–Crippen LogP) is 3.81. The van der Waals surface area contributed by atoms with Crippen LogP contribution in [-0.4, -0.2) is 27.7 Å². The van der Waals surface area contributed by atoms with Crippen LogP contribution in [0.15, 0.2) is 71.6 Å². The number of amides is 1. The molecular formula is C23H20N2O5S. The van der Waals surface area contributed by atoms with Crippen molar-refractivity contribution in [3.8, 4) is 11.5 Å². The summed E-state index contributed by atoms with van der Waals surface area (Å²) in [6, 6.07) is 18.8. The molecule has 3 aromatic carbocycles. The molecule has 0 bridgehead atoms. The summed E-state index contributed by atoms with van der Waals surface area (Å²) in [5.41, 5.74) is 2.60. The van der Waals surface area contributed by atoms with Crippen LogP contribution >= 0.6 is 0 Å². The predicted molar refractivity (Wildman–Crippen MR) is 116 cm³/mol. The summed E-state index contributed by atoms with van der Waals surface area (Å²) < 4.78 is 38.3. The fourth-order valence-electron chi connectivity index (χ4n) is 3.85. The number of hydrogen-bond acceptors (Lipinski definition) is 5. The number of nitrogens with one attached hydrogen (secondary N) is 1. The first-order valence-electron chi connectivity index (χ1n) is 9.94. The van der Waals surface area contributed by atoms with E-state index in [1.165, 1.54) is 4.31 Å². The van der Waals surface area contributed by atoms with Crippen LogP contribution in [0.25, 0.3) is 0 Å². The largest absolute Gasteiger partial charge is 0.454 e. The maximum atomic E-state index is 13.1. The number of anilines is 2. The molecule has 0 spiro atoms. The number of fused-ring (bicyclic) bond motifs is 2. The number of sulfonamides is 1. The maximum absolute atomic E-state index is 13.1. The SMILES string of the molecule is O=C(Nc1ccc2c(c1)CCCN2S(=O)(=O)c1ccccc1)c1ccc2c(c1)OCO2. The van der Waals surface area contributed by atoms with Crippen molar-refractivity contribution < 1.29 is 22.7 Å². The van der Waals surface area contributed by atoms with Crippen molar-refractivity contribution in [3.63, 3.8) is 0 Å². The van der Waals surface area contributed by atoms with E-state index in [2.05, 4.69) is 5.32 Å². The Kier molecular flexibility index (Phi) is 4.78. The van der Waals surface area contributed by atoms with Gasteiger partial charge < -0.3 is 14.8 Å². The van der Waals surface area contributed by atoms with Crippen LogP contribution in [0.5, 0.6) is 11.5 Å². The van der Waals surface area contributed by atoms with E-state index in [-0.39, 0.29) is 17.6 Å². The van der Waals surface area contributed by atoms with Crippen LogP contribution < -0.4 is 19.1 Å². The Bertz CT molecular complexity index is 1260. The zero-order chi connectivity index (χ0) is 21.4.